The molecule has 0 saturated carbocycles. The fourth-order valence-electron chi connectivity index (χ4n) is 6.13. The van der Waals surface area contributed by atoms with Gasteiger partial charge < -0.3 is 19.3 Å². The van der Waals surface area contributed by atoms with E-state index in [-0.39, 0.29) is 29.1 Å². The van der Waals surface area contributed by atoms with Gasteiger partial charge in [-0.25, -0.2) is 14.6 Å². The zero-order valence-corrected chi connectivity index (χ0v) is 26.8. The van der Waals surface area contributed by atoms with E-state index >= 15 is 0 Å². The Morgan fingerprint density at radius 3 is 2.45 bits per heavy atom. The standard InChI is InChI=1S/C36H40ClN3O4/c1-24(29-17-11-15-25-14-9-10-16-30(25)29)40(35(42)44-36(2,3)4)22-27-18-19-39(23-31(27)26-12-7-6-8-13-26)33-21-28(34(41)43-5)20-32(37)38-33/h6-17,20-21,24,27,31H,18-19,22-23H2,1-5H3/t24-,27?,31?/m1/s1. The zero-order valence-electron chi connectivity index (χ0n) is 26.0. The van der Waals surface area contributed by atoms with Crippen LogP contribution in [-0.4, -0.2) is 54.3 Å². The summed E-state index contributed by atoms with van der Waals surface area (Å²) in [7, 11) is 1.35. The highest BCUT2D eigenvalue weighted by molar-refractivity contribution is 6.29. The molecule has 230 valence electrons. The summed E-state index contributed by atoms with van der Waals surface area (Å²) in [6.07, 6.45) is 0.467. The zero-order chi connectivity index (χ0) is 31.4. The quantitative estimate of drug-likeness (QED) is 0.154. The number of rotatable bonds is 7. The lowest BCUT2D eigenvalue weighted by atomic mass is 9.80. The molecule has 1 saturated heterocycles. The van der Waals surface area contributed by atoms with Crippen LogP contribution in [0.1, 0.15) is 67.6 Å². The fourth-order valence-corrected chi connectivity index (χ4v) is 6.34. The summed E-state index contributed by atoms with van der Waals surface area (Å²) in [5.74, 6) is 0.390. The third kappa shape index (κ3) is 7.16. The number of ether oxygens (including phenoxy) is 2. The minimum Gasteiger partial charge on any atom is -0.465 e. The number of carbonyl (C=O) groups is 2. The Morgan fingerprint density at radius 1 is 1.02 bits per heavy atom. The molecule has 0 N–H and O–H groups in total. The Balaban J connectivity index is 1.49. The van der Waals surface area contributed by atoms with E-state index in [4.69, 9.17) is 21.1 Å². The number of methoxy groups -OCH3 is 1. The molecule has 1 fully saturated rings. The van der Waals surface area contributed by atoms with Gasteiger partial charge in [-0.1, -0.05) is 84.4 Å². The van der Waals surface area contributed by atoms with Gasteiger partial charge in [-0.2, -0.15) is 0 Å². The van der Waals surface area contributed by atoms with Gasteiger partial charge in [0.15, 0.2) is 0 Å². The van der Waals surface area contributed by atoms with Crippen molar-refractivity contribution in [3.05, 3.63) is 107 Å². The van der Waals surface area contributed by atoms with Gasteiger partial charge in [0.25, 0.3) is 0 Å². The lowest BCUT2D eigenvalue weighted by Crippen LogP contribution is -2.47. The number of hydrogen-bond donors (Lipinski definition) is 0. The maximum atomic E-state index is 13.9. The first-order valence-electron chi connectivity index (χ1n) is 15.1. The summed E-state index contributed by atoms with van der Waals surface area (Å²) < 4.78 is 10.9. The van der Waals surface area contributed by atoms with Crippen molar-refractivity contribution in [1.29, 1.82) is 0 Å². The molecule has 0 radical (unpaired) electrons. The minimum atomic E-state index is -0.633. The first-order valence-corrected chi connectivity index (χ1v) is 15.4. The van der Waals surface area contributed by atoms with Crippen LogP contribution in [0, 0.1) is 5.92 Å². The third-order valence-electron chi connectivity index (χ3n) is 8.31. The van der Waals surface area contributed by atoms with Crippen molar-refractivity contribution in [1.82, 2.24) is 9.88 Å². The van der Waals surface area contributed by atoms with Crippen LogP contribution in [0.4, 0.5) is 10.6 Å². The van der Waals surface area contributed by atoms with Gasteiger partial charge in [-0.3, -0.25) is 0 Å². The summed E-state index contributed by atoms with van der Waals surface area (Å²) in [6, 6.07) is 27.9. The highest BCUT2D eigenvalue weighted by Gasteiger charge is 2.36. The van der Waals surface area contributed by atoms with Gasteiger partial charge in [0.2, 0.25) is 0 Å². The van der Waals surface area contributed by atoms with E-state index in [9.17, 15) is 9.59 Å². The highest BCUT2D eigenvalue weighted by Crippen LogP contribution is 2.38. The molecule has 7 nitrogen and oxygen atoms in total. The second-order valence-electron chi connectivity index (χ2n) is 12.4. The van der Waals surface area contributed by atoms with Crippen molar-refractivity contribution in [3.63, 3.8) is 0 Å². The van der Waals surface area contributed by atoms with Crippen molar-refractivity contribution in [2.45, 2.75) is 51.7 Å². The monoisotopic (exact) mass is 613 g/mol. The van der Waals surface area contributed by atoms with Crippen LogP contribution < -0.4 is 4.90 Å². The Hall–Kier alpha value is -4.10. The van der Waals surface area contributed by atoms with Crippen LogP contribution in [0.15, 0.2) is 84.9 Å². The van der Waals surface area contributed by atoms with E-state index in [0.717, 1.165) is 22.8 Å². The molecule has 5 rings (SSSR count). The van der Waals surface area contributed by atoms with Crippen molar-refractivity contribution >= 4 is 40.3 Å². The van der Waals surface area contributed by atoms with Crippen LogP contribution in [0.5, 0.6) is 0 Å². The largest absolute Gasteiger partial charge is 0.465 e. The number of hydrogen-bond acceptors (Lipinski definition) is 6. The van der Waals surface area contributed by atoms with E-state index in [1.807, 2.05) is 62.1 Å². The number of piperidine rings is 1. The summed E-state index contributed by atoms with van der Waals surface area (Å²) in [6.45, 7) is 9.64. The number of halogens is 1. The van der Waals surface area contributed by atoms with Crippen LogP contribution in [0.25, 0.3) is 10.8 Å². The van der Waals surface area contributed by atoms with Gasteiger partial charge in [0.05, 0.1) is 18.7 Å². The van der Waals surface area contributed by atoms with Crippen LogP contribution >= 0.6 is 11.6 Å². The molecule has 0 bridgehead atoms. The average molecular weight is 614 g/mol. The molecule has 8 heteroatoms. The molecular weight excluding hydrogens is 574 g/mol. The molecule has 2 unspecified atom stereocenters. The first kappa shape index (κ1) is 31.3. The second-order valence-corrected chi connectivity index (χ2v) is 12.8. The van der Waals surface area contributed by atoms with Crippen molar-refractivity contribution in [3.8, 4) is 0 Å². The number of amides is 1. The van der Waals surface area contributed by atoms with E-state index in [0.29, 0.717) is 31.0 Å². The Labute approximate surface area is 264 Å². The Kier molecular flexibility index (Phi) is 9.45. The Morgan fingerprint density at radius 2 is 1.73 bits per heavy atom. The maximum Gasteiger partial charge on any atom is 0.410 e. The molecular formula is C36H40ClN3O4. The molecule has 0 aliphatic carbocycles. The lowest BCUT2D eigenvalue weighted by Gasteiger charge is -2.43. The van der Waals surface area contributed by atoms with Crippen molar-refractivity contribution in [2.24, 2.45) is 5.92 Å². The summed E-state index contributed by atoms with van der Waals surface area (Å²) >= 11 is 6.34. The van der Waals surface area contributed by atoms with Gasteiger partial charge in [-0.15, -0.1) is 0 Å². The normalized spacial score (nSPS) is 17.6. The molecule has 1 aliphatic rings. The number of aromatic nitrogens is 1. The van der Waals surface area contributed by atoms with E-state index < -0.39 is 11.6 Å². The molecule has 1 amide bonds. The van der Waals surface area contributed by atoms with Crippen molar-refractivity contribution < 1.29 is 19.1 Å². The number of anilines is 1. The maximum absolute atomic E-state index is 13.9. The number of esters is 1. The molecule has 44 heavy (non-hydrogen) atoms. The van der Waals surface area contributed by atoms with Crippen LogP contribution in [0.2, 0.25) is 5.15 Å². The lowest BCUT2D eigenvalue weighted by molar-refractivity contribution is 0.0121. The molecule has 1 aromatic heterocycles. The topological polar surface area (TPSA) is 72.0 Å². The predicted molar refractivity (Wildman–Crippen MR) is 175 cm³/mol. The van der Waals surface area contributed by atoms with Gasteiger partial charge in [-0.05, 0) is 74.1 Å². The third-order valence-corrected chi connectivity index (χ3v) is 8.50. The van der Waals surface area contributed by atoms with Gasteiger partial charge in [0.1, 0.15) is 16.6 Å². The number of fused-ring (bicyclic) bond motifs is 1. The smallest absolute Gasteiger partial charge is 0.410 e. The minimum absolute atomic E-state index is 0.0805. The van der Waals surface area contributed by atoms with Gasteiger partial charge >= 0.3 is 12.1 Å². The number of benzene rings is 3. The predicted octanol–water partition coefficient (Wildman–Crippen LogP) is 8.28. The molecule has 2 heterocycles. The number of pyridine rings is 1. The summed E-state index contributed by atoms with van der Waals surface area (Å²) in [5.41, 5.74) is 1.99. The molecule has 0 spiro atoms. The fraction of sp³-hybridized carbons (Fsp3) is 0.361. The Bertz CT molecular complexity index is 1620. The molecule has 4 aromatic rings. The molecule has 3 atom stereocenters. The van der Waals surface area contributed by atoms with E-state index in [1.165, 1.54) is 18.7 Å². The van der Waals surface area contributed by atoms with E-state index in [1.54, 1.807) is 6.07 Å². The van der Waals surface area contributed by atoms with Crippen LogP contribution in [-0.2, 0) is 9.47 Å². The van der Waals surface area contributed by atoms with E-state index in [2.05, 4.69) is 53.2 Å². The molecule has 3 aromatic carbocycles. The SMILES string of the molecule is COC(=O)c1cc(Cl)nc(N2CCC(CN(C(=O)OC(C)(C)C)[C@H](C)c3cccc4ccccc34)C(c3ccccc3)C2)c1. The summed E-state index contributed by atoms with van der Waals surface area (Å²) in [5, 5.41) is 2.50. The number of carbonyl (C=O) groups excluding carboxylic acids is 2. The average Bonchev–Trinajstić information content (AvgIpc) is 3.02. The highest BCUT2D eigenvalue weighted by atomic mass is 35.5. The molecule has 1 aliphatic heterocycles. The van der Waals surface area contributed by atoms with Crippen LogP contribution in [0.3, 0.4) is 0 Å². The first-order chi connectivity index (χ1) is 21.0. The summed E-state index contributed by atoms with van der Waals surface area (Å²) in [4.78, 5) is 34.8. The van der Waals surface area contributed by atoms with Gasteiger partial charge in [0, 0.05) is 25.6 Å². The van der Waals surface area contributed by atoms with Crippen molar-refractivity contribution in [2.75, 3.05) is 31.6 Å². The second kappa shape index (κ2) is 13.3. The number of nitrogens with zero attached hydrogens (tertiary/aromatic N) is 3.